The second-order valence-corrected chi connectivity index (χ2v) is 3.93. The monoisotopic (exact) mass is 244 g/mol. The molecule has 0 atom stereocenters. The Morgan fingerprint density at radius 3 is 2.56 bits per heavy atom. The van der Waals surface area contributed by atoms with Crippen molar-refractivity contribution in [3.63, 3.8) is 0 Å². The minimum atomic E-state index is -0.106. The van der Waals surface area contributed by atoms with Crippen molar-refractivity contribution in [1.82, 2.24) is 14.9 Å². The third-order valence-corrected chi connectivity index (χ3v) is 2.87. The number of anilines is 1. The molecule has 1 heterocycles. The average molecular weight is 244 g/mol. The van der Waals surface area contributed by atoms with Crippen LogP contribution in [0, 0.1) is 0 Å². The van der Waals surface area contributed by atoms with Crippen molar-refractivity contribution in [2.45, 2.75) is 13.8 Å². The summed E-state index contributed by atoms with van der Waals surface area (Å²) in [6.07, 6.45) is 0. The van der Waals surface area contributed by atoms with Crippen LogP contribution in [0.2, 0.25) is 0 Å². The summed E-state index contributed by atoms with van der Waals surface area (Å²) >= 11 is 0. The Kier molecular flexibility index (Phi) is 3.41. The topological polar surface area (TPSA) is 72.1 Å². The maximum absolute atomic E-state index is 12.4. The van der Waals surface area contributed by atoms with Crippen LogP contribution in [-0.4, -0.2) is 33.9 Å². The molecule has 0 saturated heterocycles. The molecule has 0 aliphatic heterocycles. The van der Waals surface area contributed by atoms with Gasteiger partial charge in [0.15, 0.2) is 0 Å². The molecule has 2 aromatic rings. The maximum Gasteiger partial charge on any atom is 0.273 e. The minimum Gasteiger partial charge on any atom is -0.368 e. The highest BCUT2D eigenvalue weighted by atomic mass is 16.2. The highest BCUT2D eigenvalue weighted by Gasteiger charge is 2.18. The molecule has 2 rings (SSSR count). The zero-order chi connectivity index (χ0) is 13.1. The number of para-hydroxylation sites is 1. The summed E-state index contributed by atoms with van der Waals surface area (Å²) in [5, 5.41) is 0.739. The molecule has 1 aromatic carbocycles. The SMILES string of the molecule is CCN(CC)C(=O)c1nc(N)nc2ccccc12. The number of hydrogen-bond acceptors (Lipinski definition) is 4. The van der Waals surface area contributed by atoms with Gasteiger partial charge in [0.1, 0.15) is 5.69 Å². The lowest BCUT2D eigenvalue weighted by atomic mass is 10.1. The van der Waals surface area contributed by atoms with Crippen LogP contribution < -0.4 is 5.73 Å². The number of rotatable bonds is 3. The summed E-state index contributed by atoms with van der Waals surface area (Å²) in [7, 11) is 0. The van der Waals surface area contributed by atoms with Crippen LogP contribution in [-0.2, 0) is 0 Å². The molecule has 0 radical (unpaired) electrons. The maximum atomic E-state index is 12.4. The first kappa shape index (κ1) is 12.3. The number of benzene rings is 1. The number of aromatic nitrogens is 2. The molecule has 0 aliphatic rings. The fourth-order valence-electron chi connectivity index (χ4n) is 1.92. The van der Waals surface area contributed by atoms with Gasteiger partial charge in [0.2, 0.25) is 5.95 Å². The molecule has 0 aliphatic carbocycles. The van der Waals surface area contributed by atoms with Crippen molar-refractivity contribution in [3.05, 3.63) is 30.0 Å². The summed E-state index contributed by atoms with van der Waals surface area (Å²) in [5.74, 6) is 0.0227. The van der Waals surface area contributed by atoms with Crippen molar-refractivity contribution < 1.29 is 4.79 Å². The number of nitrogen functional groups attached to an aromatic ring is 1. The van der Waals surface area contributed by atoms with E-state index in [-0.39, 0.29) is 11.9 Å². The van der Waals surface area contributed by atoms with Crippen molar-refractivity contribution in [2.24, 2.45) is 0 Å². The van der Waals surface area contributed by atoms with Crippen LogP contribution in [0.5, 0.6) is 0 Å². The summed E-state index contributed by atoms with van der Waals surface area (Å²) in [5.41, 5.74) is 6.72. The quantitative estimate of drug-likeness (QED) is 0.891. The van der Waals surface area contributed by atoms with Gasteiger partial charge in [-0.05, 0) is 19.9 Å². The highest BCUT2D eigenvalue weighted by molar-refractivity contribution is 6.04. The fraction of sp³-hybridized carbons (Fsp3) is 0.308. The molecule has 0 unspecified atom stereocenters. The van der Waals surface area contributed by atoms with Crippen molar-refractivity contribution in [2.75, 3.05) is 18.8 Å². The van der Waals surface area contributed by atoms with Gasteiger partial charge < -0.3 is 10.6 Å². The van der Waals surface area contributed by atoms with Crippen LogP contribution in [0.3, 0.4) is 0 Å². The molecule has 2 N–H and O–H groups in total. The molecule has 1 amide bonds. The number of nitrogens with two attached hydrogens (primary N) is 1. The predicted octanol–water partition coefficient (Wildman–Crippen LogP) is 1.69. The van der Waals surface area contributed by atoms with Gasteiger partial charge in [0.05, 0.1) is 5.52 Å². The molecule has 0 fully saturated rings. The van der Waals surface area contributed by atoms with Gasteiger partial charge in [-0.25, -0.2) is 9.97 Å². The van der Waals surface area contributed by atoms with E-state index in [2.05, 4.69) is 9.97 Å². The number of carbonyl (C=O) groups excluding carboxylic acids is 1. The van der Waals surface area contributed by atoms with E-state index in [1.165, 1.54) is 0 Å². The second kappa shape index (κ2) is 5.00. The third kappa shape index (κ3) is 2.11. The smallest absolute Gasteiger partial charge is 0.273 e. The molecule has 1 aromatic heterocycles. The van der Waals surface area contributed by atoms with Crippen LogP contribution in [0.25, 0.3) is 10.9 Å². The second-order valence-electron chi connectivity index (χ2n) is 3.93. The summed E-state index contributed by atoms with van der Waals surface area (Å²) in [4.78, 5) is 22.3. The van der Waals surface area contributed by atoms with Crippen LogP contribution in [0.1, 0.15) is 24.3 Å². The van der Waals surface area contributed by atoms with Gasteiger partial charge in [0.25, 0.3) is 5.91 Å². The van der Waals surface area contributed by atoms with Crippen molar-refractivity contribution in [1.29, 1.82) is 0 Å². The lowest BCUT2D eigenvalue weighted by molar-refractivity contribution is 0.0769. The van der Waals surface area contributed by atoms with Gasteiger partial charge >= 0.3 is 0 Å². The van der Waals surface area contributed by atoms with Crippen LogP contribution in [0.4, 0.5) is 5.95 Å². The van der Waals surface area contributed by atoms with E-state index in [1.54, 1.807) is 4.90 Å². The van der Waals surface area contributed by atoms with E-state index in [9.17, 15) is 4.79 Å². The summed E-state index contributed by atoms with van der Waals surface area (Å²) in [6.45, 7) is 5.17. The van der Waals surface area contributed by atoms with Gasteiger partial charge in [-0.3, -0.25) is 4.79 Å². The molecule has 18 heavy (non-hydrogen) atoms. The van der Waals surface area contributed by atoms with Gasteiger partial charge in [-0.1, -0.05) is 18.2 Å². The van der Waals surface area contributed by atoms with Gasteiger partial charge in [0, 0.05) is 18.5 Å². The van der Waals surface area contributed by atoms with E-state index in [4.69, 9.17) is 5.73 Å². The van der Waals surface area contributed by atoms with Crippen molar-refractivity contribution in [3.8, 4) is 0 Å². The highest BCUT2D eigenvalue weighted by Crippen LogP contribution is 2.17. The largest absolute Gasteiger partial charge is 0.368 e. The summed E-state index contributed by atoms with van der Waals surface area (Å²) < 4.78 is 0. The van der Waals surface area contributed by atoms with Gasteiger partial charge in [-0.15, -0.1) is 0 Å². The molecule has 5 nitrogen and oxygen atoms in total. The molecular weight excluding hydrogens is 228 g/mol. The Morgan fingerprint density at radius 2 is 1.89 bits per heavy atom. The Balaban J connectivity index is 2.59. The number of nitrogens with zero attached hydrogens (tertiary/aromatic N) is 3. The van der Waals surface area contributed by atoms with Crippen LogP contribution >= 0.6 is 0 Å². The lowest BCUT2D eigenvalue weighted by Gasteiger charge is -2.18. The molecule has 0 spiro atoms. The van der Waals surface area contributed by atoms with Crippen molar-refractivity contribution >= 4 is 22.8 Å². The van der Waals surface area contributed by atoms with Gasteiger partial charge in [-0.2, -0.15) is 0 Å². The zero-order valence-corrected chi connectivity index (χ0v) is 10.6. The first-order valence-corrected chi connectivity index (χ1v) is 5.98. The van der Waals surface area contributed by atoms with E-state index < -0.39 is 0 Å². The minimum absolute atomic E-state index is 0.106. The van der Waals surface area contributed by atoms with E-state index in [0.29, 0.717) is 24.3 Å². The van der Waals surface area contributed by atoms with Crippen LogP contribution in [0.15, 0.2) is 24.3 Å². The average Bonchev–Trinajstić information content (AvgIpc) is 2.39. The van der Waals surface area contributed by atoms with E-state index in [1.807, 2.05) is 38.1 Å². The predicted molar refractivity (Wildman–Crippen MR) is 71.2 cm³/mol. The zero-order valence-electron chi connectivity index (χ0n) is 10.6. The lowest BCUT2D eigenvalue weighted by Crippen LogP contribution is -2.31. The standard InChI is InChI=1S/C13H16N4O/c1-3-17(4-2)12(18)11-9-7-5-6-8-10(9)15-13(14)16-11/h5-8H,3-4H2,1-2H3,(H2,14,15,16). The molecule has 5 heteroatoms. The van der Waals surface area contributed by atoms with E-state index >= 15 is 0 Å². The number of hydrogen-bond donors (Lipinski definition) is 1. The number of amides is 1. The molecular formula is C13H16N4O. The van der Waals surface area contributed by atoms with E-state index in [0.717, 1.165) is 5.39 Å². The normalized spacial score (nSPS) is 10.6. The Labute approximate surface area is 106 Å². The number of fused-ring (bicyclic) bond motifs is 1. The first-order valence-electron chi connectivity index (χ1n) is 5.98. The fourth-order valence-corrected chi connectivity index (χ4v) is 1.92. The molecule has 0 saturated carbocycles. The molecule has 0 bridgehead atoms. The molecule has 94 valence electrons. The third-order valence-electron chi connectivity index (χ3n) is 2.87. The number of carbonyl (C=O) groups is 1. The Bertz CT molecular complexity index is 578. The Hall–Kier alpha value is -2.17. The summed E-state index contributed by atoms with van der Waals surface area (Å²) in [6, 6.07) is 7.39. The Morgan fingerprint density at radius 1 is 1.22 bits per heavy atom. The first-order chi connectivity index (χ1) is 8.67.